The summed E-state index contributed by atoms with van der Waals surface area (Å²) in [6.07, 6.45) is 5.31. The number of amides is 1. The van der Waals surface area contributed by atoms with Crippen LogP contribution >= 0.6 is 0 Å². The highest BCUT2D eigenvalue weighted by Gasteiger charge is 2.56. The molecule has 2 saturated carbocycles. The van der Waals surface area contributed by atoms with Crippen molar-refractivity contribution in [2.24, 2.45) is 14.1 Å². The van der Waals surface area contributed by atoms with E-state index in [1.54, 1.807) is 22.8 Å². The number of aryl methyl sites for hydroxylation is 2. The van der Waals surface area contributed by atoms with E-state index in [0.29, 0.717) is 37.8 Å². The first-order valence-electron chi connectivity index (χ1n) is 15.2. The van der Waals surface area contributed by atoms with E-state index in [9.17, 15) is 26.4 Å². The second-order valence-electron chi connectivity index (χ2n) is 12.6. The molecule has 5 heterocycles. The lowest BCUT2D eigenvalue weighted by Gasteiger charge is -2.24. The lowest BCUT2D eigenvalue weighted by Crippen LogP contribution is -2.40. The SMILES string of the molecule is CN1C(=O)[C@@]2(CC[C@H](NS(=O)(=O)C3CC3)C2)c2c1cnc1[nH]c(-c3cnn(C)c3)c(-c3ccc4c(cnn4C)c3)c21.O=C(O)C(F)(F)F. The van der Waals surface area contributed by atoms with Crippen molar-refractivity contribution < 1.29 is 36.3 Å². The fraction of sp³-hybridized carbons (Fsp3) is 0.387. The molecule has 13 nitrogen and oxygen atoms in total. The van der Waals surface area contributed by atoms with Crippen molar-refractivity contribution in [3.63, 3.8) is 0 Å². The number of carbonyl (C=O) groups is 2. The maximum atomic E-state index is 14.1. The Bertz CT molecular complexity index is 2240. The molecule has 48 heavy (non-hydrogen) atoms. The summed E-state index contributed by atoms with van der Waals surface area (Å²) in [5.74, 6) is -2.76. The van der Waals surface area contributed by atoms with Gasteiger partial charge in [-0.05, 0) is 49.8 Å². The Hall–Kier alpha value is -4.77. The number of pyridine rings is 1. The molecule has 0 radical (unpaired) electrons. The average molecular weight is 685 g/mol. The topological polar surface area (TPSA) is 168 Å². The molecule has 3 aliphatic rings. The number of halogens is 3. The van der Waals surface area contributed by atoms with Crippen LogP contribution in [0.2, 0.25) is 0 Å². The van der Waals surface area contributed by atoms with Crippen molar-refractivity contribution in [2.75, 3.05) is 11.9 Å². The molecule has 8 rings (SSSR count). The van der Waals surface area contributed by atoms with Crippen molar-refractivity contribution in [2.45, 2.75) is 55.0 Å². The molecule has 1 aliphatic heterocycles. The van der Waals surface area contributed by atoms with E-state index in [4.69, 9.17) is 14.9 Å². The lowest BCUT2D eigenvalue weighted by atomic mass is 9.77. The summed E-state index contributed by atoms with van der Waals surface area (Å²) in [7, 11) is 2.22. The van der Waals surface area contributed by atoms with Gasteiger partial charge in [0.15, 0.2) is 0 Å². The summed E-state index contributed by atoms with van der Waals surface area (Å²) in [6.45, 7) is 0. The first kappa shape index (κ1) is 31.8. The fourth-order valence-electron chi connectivity index (χ4n) is 7.07. The van der Waals surface area contributed by atoms with Crippen LogP contribution in [0, 0.1) is 0 Å². The van der Waals surface area contributed by atoms with E-state index in [1.807, 2.05) is 37.4 Å². The third-order valence-corrected chi connectivity index (χ3v) is 11.4. The highest BCUT2D eigenvalue weighted by atomic mass is 32.2. The number of benzene rings is 1. The average Bonchev–Trinajstić information content (AvgIpc) is 3.26. The predicted octanol–water partition coefficient (Wildman–Crippen LogP) is 4.00. The number of nitrogens with zero attached hydrogens (tertiary/aromatic N) is 6. The number of aromatic amines is 1. The molecule has 0 bridgehead atoms. The molecule has 2 fully saturated rings. The first-order valence-corrected chi connectivity index (χ1v) is 16.7. The van der Waals surface area contributed by atoms with Gasteiger partial charge >= 0.3 is 12.1 Å². The quantitative estimate of drug-likeness (QED) is 0.250. The number of fused-ring (bicyclic) bond motifs is 5. The Morgan fingerprint density at radius 2 is 1.81 bits per heavy atom. The highest BCUT2D eigenvalue weighted by molar-refractivity contribution is 7.90. The number of carboxylic acids is 1. The number of aromatic nitrogens is 6. The number of alkyl halides is 3. The van der Waals surface area contributed by atoms with Crippen LogP contribution in [0.3, 0.4) is 0 Å². The zero-order valence-electron chi connectivity index (χ0n) is 26.0. The Morgan fingerprint density at radius 1 is 1.08 bits per heavy atom. The van der Waals surface area contributed by atoms with E-state index in [-0.39, 0.29) is 17.2 Å². The fourth-order valence-corrected chi connectivity index (χ4v) is 8.69. The Balaban J connectivity index is 0.000000473. The van der Waals surface area contributed by atoms with Crippen LogP contribution in [0.1, 0.15) is 37.7 Å². The summed E-state index contributed by atoms with van der Waals surface area (Å²) >= 11 is 0. The van der Waals surface area contributed by atoms with Crippen LogP contribution < -0.4 is 9.62 Å². The molecule has 5 aromatic rings. The van der Waals surface area contributed by atoms with E-state index >= 15 is 0 Å². The Morgan fingerprint density at radius 3 is 2.46 bits per heavy atom. The maximum Gasteiger partial charge on any atom is 0.490 e. The number of aliphatic carboxylic acids is 1. The first-order chi connectivity index (χ1) is 22.6. The van der Waals surface area contributed by atoms with Crippen LogP contribution in [-0.4, -0.2) is 79.4 Å². The molecule has 0 saturated heterocycles. The number of anilines is 1. The van der Waals surface area contributed by atoms with Gasteiger partial charge in [0.05, 0.1) is 46.2 Å². The van der Waals surface area contributed by atoms with Gasteiger partial charge in [-0.3, -0.25) is 14.2 Å². The molecule has 2 atom stereocenters. The standard InChI is InChI=1S/C29H30N8O3S.C2HF3O2/c1-35-15-18(13-31-35)26-23(16-4-7-21-17(10-16)12-32-37(21)3)24-25-22(14-30-27(24)33-26)36(2)28(38)29(25)9-8-19(11-29)34-41(39,40)20-5-6-20;3-2(4,5)1(6)7/h4,7,10,12-15,19-20,34H,5-6,8-9,11H2,1-3H3,(H,30,33);(H,6,7)/t19-,29+;/m0./s1. The van der Waals surface area contributed by atoms with E-state index in [1.165, 1.54) is 0 Å². The van der Waals surface area contributed by atoms with Crippen molar-refractivity contribution >= 4 is 49.5 Å². The number of nitrogens with one attached hydrogen (secondary N) is 2. The van der Waals surface area contributed by atoms with Gasteiger partial charge in [-0.1, -0.05) is 6.07 Å². The summed E-state index contributed by atoms with van der Waals surface area (Å²) in [6, 6.07) is 5.98. The molecular formula is C31H31F3N8O5S. The van der Waals surface area contributed by atoms with Gasteiger partial charge in [0.1, 0.15) is 5.65 Å². The number of carboxylic acid groups (broad SMARTS) is 1. The number of likely N-dealkylation sites (N-methyl/N-ethyl adjacent to an activating group) is 1. The molecule has 17 heteroatoms. The molecule has 3 N–H and O–H groups in total. The summed E-state index contributed by atoms with van der Waals surface area (Å²) in [5.41, 5.74) is 6.28. The van der Waals surface area contributed by atoms with Crippen molar-refractivity contribution in [3.05, 3.63) is 48.5 Å². The van der Waals surface area contributed by atoms with Crippen molar-refractivity contribution in [1.82, 2.24) is 34.3 Å². The third-order valence-electron chi connectivity index (χ3n) is 9.44. The summed E-state index contributed by atoms with van der Waals surface area (Å²) in [5, 5.41) is 17.6. The van der Waals surface area contributed by atoms with Crippen LogP contribution in [0.4, 0.5) is 18.9 Å². The minimum absolute atomic E-state index is 0.00675. The normalized spacial score (nSPS) is 20.9. The number of rotatable bonds is 5. The third kappa shape index (κ3) is 5.11. The molecule has 1 spiro atoms. The maximum absolute atomic E-state index is 14.1. The summed E-state index contributed by atoms with van der Waals surface area (Å²) in [4.78, 5) is 33.0. The Kier molecular flexibility index (Phi) is 7.21. The van der Waals surface area contributed by atoms with Crippen LogP contribution in [0.25, 0.3) is 44.3 Å². The van der Waals surface area contributed by atoms with E-state index in [0.717, 1.165) is 49.9 Å². The molecule has 1 amide bonds. The van der Waals surface area contributed by atoms with Gasteiger partial charge < -0.3 is 15.0 Å². The molecule has 1 aromatic carbocycles. The van der Waals surface area contributed by atoms with Gasteiger partial charge in [0.2, 0.25) is 15.9 Å². The number of hydrogen-bond donors (Lipinski definition) is 3. The van der Waals surface area contributed by atoms with Gasteiger partial charge in [0, 0.05) is 60.8 Å². The highest BCUT2D eigenvalue weighted by Crippen LogP contribution is 2.55. The van der Waals surface area contributed by atoms with Gasteiger partial charge in [-0.25, -0.2) is 22.9 Å². The molecule has 4 aromatic heterocycles. The number of sulfonamides is 1. The Labute approximate surface area is 271 Å². The minimum atomic E-state index is -5.08. The number of carbonyl (C=O) groups excluding carboxylic acids is 1. The lowest BCUT2D eigenvalue weighted by molar-refractivity contribution is -0.192. The van der Waals surface area contributed by atoms with Gasteiger partial charge in [-0.2, -0.15) is 23.4 Å². The van der Waals surface area contributed by atoms with E-state index in [2.05, 4.69) is 38.1 Å². The zero-order valence-corrected chi connectivity index (χ0v) is 26.9. The van der Waals surface area contributed by atoms with Gasteiger partial charge in [0.25, 0.3) is 0 Å². The van der Waals surface area contributed by atoms with Gasteiger partial charge in [-0.15, -0.1) is 0 Å². The van der Waals surface area contributed by atoms with Crippen LogP contribution in [0.5, 0.6) is 0 Å². The molecule has 252 valence electrons. The van der Waals surface area contributed by atoms with Crippen molar-refractivity contribution in [3.8, 4) is 22.4 Å². The zero-order chi connectivity index (χ0) is 34.3. The number of hydrogen-bond acceptors (Lipinski definition) is 7. The minimum Gasteiger partial charge on any atom is -0.475 e. The van der Waals surface area contributed by atoms with Crippen LogP contribution in [0.15, 0.2) is 43.0 Å². The molecule has 2 aliphatic carbocycles. The van der Waals surface area contributed by atoms with E-state index < -0.39 is 27.6 Å². The molecular weight excluding hydrogens is 653 g/mol. The summed E-state index contributed by atoms with van der Waals surface area (Å²) < 4.78 is 63.9. The number of H-pyrrole nitrogens is 1. The smallest absolute Gasteiger partial charge is 0.475 e. The van der Waals surface area contributed by atoms with Crippen LogP contribution in [-0.2, 0) is 39.1 Å². The monoisotopic (exact) mass is 684 g/mol. The van der Waals surface area contributed by atoms with Crippen molar-refractivity contribution in [1.29, 1.82) is 0 Å². The second-order valence-corrected chi connectivity index (χ2v) is 14.6. The molecule has 0 unspecified atom stereocenters. The predicted molar refractivity (Wildman–Crippen MR) is 169 cm³/mol. The largest absolute Gasteiger partial charge is 0.490 e. The second kappa shape index (κ2) is 10.9.